The first-order valence-electron chi connectivity index (χ1n) is 8.08. The van der Waals surface area contributed by atoms with Gasteiger partial charge in [0.05, 0.1) is 11.1 Å². The molecule has 0 aliphatic rings. The van der Waals surface area contributed by atoms with Crippen LogP contribution in [-0.2, 0) is 0 Å². The monoisotopic (exact) mass is 418 g/mol. The number of amides is 1. The first kappa shape index (κ1) is 19.6. The highest BCUT2D eigenvalue weighted by molar-refractivity contribution is 9.10. The molecule has 2 aromatic carbocycles. The Morgan fingerprint density at radius 1 is 1.23 bits per heavy atom. The maximum atomic E-state index is 12.1. The number of hydrogen-bond acceptors (Lipinski definition) is 5. The minimum Gasteiger partial charge on any atom is -0.372 e. The molecule has 8 heteroatoms. The molecule has 0 saturated heterocycles. The first-order chi connectivity index (χ1) is 12.5. The van der Waals surface area contributed by atoms with Crippen LogP contribution in [0.25, 0.3) is 0 Å². The fourth-order valence-electron chi connectivity index (χ4n) is 2.44. The molecule has 26 heavy (non-hydrogen) atoms. The van der Waals surface area contributed by atoms with E-state index in [2.05, 4.69) is 31.4 Å². The normalized spacial score (nSPS) is 10.7. The third kappa shape index (κ3) is 4.89. The molecular weight excluding hydrogens is 400 g/mol. The molecule has 2 rings (SSSR count). The average molecular weight is 419 g/mol. The van der Waals surface area contributed by atoms with Gasteiger partial charge in [-0.2, -0.15) is 5.10 Å². The van der Waals surface area contributed by atoms with Crippen molar-refractivity contribution in [3.05, 3.63) is 68.2 Å². The lowest BCUT2D eigenvalue weighted by Gasteiger charge is -2.22. The molecule has 0 atom stereocenters. The summed E-state index contributed by atoms with van der Waals surface area (Å²) in [5, 5.41) is 15.0. The smallest absolute Gasteiger partial charge is 0.271 e. The van der Waals surface area contributed by atoms with Crippen LogP contribution in [0.3, 0.4) is 0 Å². The second-order valence-electron chi connectivity index (χ2n) is 5.38. The van der Waals surface area contributed by atoms with Crippen LogP contribution < -0.4 is 10.3 Å². The van der Waals surface area contributed by atoms with Gasteiger partial charge in [-0.05, 0) is 44.2 Å². The Bertz CT molecular complexity index is 818. The summed E-state index contributed by atoms with van der Waals surface area (Å²) in [6.07, 6.45) is 1.43. The zero-order valence-electron chi connectivity index (χ0n) is 14.5. The third-order valence-corrected chi connectivity index (χ3v) is 4.33. The van der Waals surface area contributed by atoms with Crippen molar-refractivity contribution >= 4 is 39.4 Å². The van der Waals surface area contributed by atoms with Gasteiger partial charge in [-0.3, -0.25) is 14.9 Å². The van der Waals surface area contributed by atoms with Gasteiger partial charge in [0.15, 0.2) is 0 Å². The van der Waals surface area contributed by atoms with Crippen molar-refractivity contribution < 1.29 is 9.72 Å². The standard InChI is InChI=1S/C18H19BrN4O3/c1-3-22(4-2)17-10-9-16(23(25)26)11-14(17)12-20-21-18(24)13-5-7-15(19)8-6-13/h5-12H,3-4H2,1-2H3,(H,21,24)/b20-12-. The van der Waals surface area contributed by atoms with E-state index in [9.17, 15) is 14.9 Å². The minimum absolute atomic E-state index is 0.0263. The Morgan fingerprint density at radius 3 is 2.46 bits per heavy atom. The number of nitrogens with one attached hydrogen (secondary N) is 1. The highest BCUT2D eigenvalue weighted by Crippen LogP contribution is 2.24. The van der Waals surface area contributed by atoms with Gasteiger partial charge in [-0.1, -0.05) is 15.9 Å². The van der Waals surface area contributed by atoms with Crippen LogP contribution in [-0.4, -0.2) is 30.1 Å². The van der Waals surface area contributed by atoms with Crippen molar-refractivity contribution in [3.8, 4) is 0 Å². The number of hydrazone groups is 1. The number of non-ortho nitro benzene ring substituents is 1. The van der Waals surface area contributed by atoms with Gasteiger partial charge >= 0.3 is 0 Å². The Balaban J connectivity index is 2.23. The molecule has 2 aromatic rings. The van der Waals surface area contributed by atoms with Gasteiger partial charge in [0.25, 0.3) is 11.6 Å². The molecule has 0 aromatic heterocycles. The quantitative estimate of drug-likeness (QED) is 0.418. The molecule has 0 saturated carbocycles. The number of hydrogen-bond donors (Lipinski definition) is 1. The van der Waals surface area contributed by atoms with Gasteiger partial charge in [0, 0.05) is 46.5 Å². The van der Waals surface area contributed by atoms with E-state index in [1.54, 1.807) is 30.3 Å². The lowest BCUT2D eigenvalue weighted by Crippen LogP contribution is -2.23. The number of rotatable bonds is 7. The predicted octanol–water partition coefficient (Wildman–Crippen LogP) is 3.97. The maximum Gasteiger partial charge on any atom is 0.271 e. The van der Waals surface area contributed by atoms with E-state index in [1.165, 1.54) is 18.3 Å². The summed E-state index contributed by atoms with van der Waals surface area (Å²) in [7, 11) is 0. The number of carbonyl (C=O) groups excluding carboxylic acids is 1. The molecule has 0 bridgehead atoms. The third-order valence-electron chi connectivity index (χ3n) is 3.80. The van der Waals surface area contributed by atoms with Crippen LogP contribution in [0.4, 0.5) is 11.4 Å². The number of nitro groups is 1. The molecule has 0 heterocycles. The SMILES string of the molecule is CCN(CC)c1ccc([N+](=O)[O-])cc1/C=N\NC(=O)c1ccc(Br)cc1. The lowest BCUT2D eigenvalue weighted by atomic mass is 10.1. The number of anilines is 1. The van der Waals surface area contributed by atoms with Crippen LogP contribution in [0, 0.1) is 10.1 Å². The van der Waals surface area contributed by atoms with Crippen LogP contribution in [0.5, 0.6) is 0 Å². The summed E-state index contributed by atoms with van der Waals surface area (Å²) in [6, 6.07) is 11.5. The molecule has 0 fully saturated rings. The highest BCUT2D eigenvalue weighted by Gasteiger charge is 2.13. The van der Waals surface area contributed by atoms with Crippen molar-refractivity contribution in [1.29, 1.82) is 0 Å². The Kier molecular flexibility index (Phi) is 6.85. The van der Waals surface area contributed by atoms with Crippen molar-refractivity contribution in [3.63, 3.8) is 0 Å². The van der Waals surface area contributed by atoms with Crippen LogP contribution in [0.15, 0.2) is 52.0 Å². The molecule has 1 amide bonds. The number of nitro benzene ring substituents is 1. The summed E-state index contributed by atoms with van der Waals surface area (Å²) >= 11 is 3.31. The minimum atomic E-state index is -0.455. The van der Waals surface area contributed by atoms with Gasteiger partial charge in [0.2, 0.25) is 0 Å². The zero-order chi connectivity index (χ0) is 19.1. The van der Waals surface area contributed by atoms with E-state index in [0.29, 0.717) is 11.1 Å². The molecule has 1 N–H and O–H groups in total. The van der Waals surface area contributed by atoms with Crippen molar-refractivity contribution in [1.82, 2.24) is 5.43 Å². The summed E-state index contributed by atoms with van der Waals surface area (Å²) in [4.78, 5) is 24.7. The molecule has 136 valence electrons. The molecule has 0 radical (unpaired) electrons. The van der Waals surface area contributed by atoms with Gasteiger partial charge < -0.3 is 4.90 Å². The summed E-state index contributed by atoms with van der Waals surface area (Å²) in [5.41, 5.74) is 4.27. The summed E-state index contributed by atoms with van der Waals surface area (Å²) in [6.45, 7) is 5.50. The largest absolute Gasteiger partial charge is 0.372 e. The number of nitrogens with zero attached hydrogens (tertiary/aromatic N) is 3. The van der Waals surface area contributed by atoms with Crippen molar-refractivity contribution in [2.75, 3.05) is 18.0 Å². The second kappa shape index (κ2) is 9.10. The van der Waals surface area contributed by atoms with Crippen LogP contribution in [0.1, 0.15) is 29.8 Å². The van der Waals surface area contributed by atoms with E-state index >= 15 is 0 Å². The van der Waals surface area contributed by atoms with Gasteiger partial charge in [-0.15, -0.1) is 0 Å². The first-order valence-corrected chi connectivity index (χ1v) is 8.88. The lowest BCUT2D eigenvalue weighted by molar-refractivity contribution is -0.384. The molecular formula is C18H19BrN4O3. The Hall–Kier alpha value is -2.74. The van der Waals surface area contributed by atoms with E-state index in [4.69, 9.17) is 0 Å². The average Bonchev–Trinajstić information content (AvgIpc) is 2.64. The molecule has 7 nitrogen and oxygen atoms in total. The number of benzene rings is 2. The molecule has 0 spiro atoms. The van der Waals surface area contributed by atoms with Gasteiger partial charge in [0.1, 0.15) is 0 Å². The topological polar surface area (TPSA) is 87.8 Å². The zero-order valence-corrected chi connectivity index (χ0v) is 16.1. The van der Waals surface area contributed by atoms with Crippen LogP contribution >= 0.6 is 15.9 Å². The van der Waals surface area contributed by atoms with Crippen molar-refractivity contribution in [2.45, 2.75) is 13.8 Å². The summed E-state index contributed by atoms with van der Waals surface area (Å²) < 4.78 is 0.873. The molecule has 0 aliphatic heterocycles. The fraction of sp³-hybridized carbons (Fsp3) is 0.222. The maximum absolute atomic E-state index is 12.1. The van der Waals surface area contributed by atoms with E-state index in [0.717, 1.165) is 23.2 Å². The molecule has 0 aliphatic carbocycles. The number of carbonyl (C=O) groups is 1. The second-order valence-corrected chi connectivity index (χ2v) is 6.29. The van der Waals surface area contributed by atoms with Crippen LogP contribution in [0.2, 0.25) is 0 Å². The number of halogens is 1. The predicted molar refractivity (Wildman–Crippen MR) is 106 cm³/mol. The van der Waals surface area contributed by atoms with E-state index in [-0.39, 0.29) is 11.6 Å². The summed E-state index contributed by atoms with van der Waals surface area (Å²) in [5.74, 6) is -0.358. The Labute approximate surface area is 160 Å². The van der Waals surface area contributed by atoms with Crippen molar-refractivity contribution in [2.24, 2.45) is 5.10 Å². The van der Waals surface area contributed by atoms with Gasteiger partial charge in [-0.25, -0.2) is 5.43 Å². The van der Waals surface area contributed by atoms with E-state index in [1.807, 2.05) is 13.8 Å². The highest BCUT2D eigenvalue weighted by atomic mass is 79.9. The van der Waals surface area contributed by atoms with E-state index < -0.39 is 4.92 Å². The Morgan fingerprint density at radius 2 is 1.88 bits per heavy atom. The molecule has 0 unspecified atom stereocenters. The fourth-order valence-corrected chi connectivity index (χ4v) is 2.70.